The Labute approximate surface area is 104 Å². The van der Waals surface area contributed by atoms with Gasteiger partial charge < -0.3 is 10.0 Å². The molecule has 0 aliphatic carbocycles. The monoisotopic (exact) mass is 249 g/mol. The molecule has 1 N–H and O–H groups in total. The van der Waals surface area contributed by atoms with Crippen LogP contribution in [0, 0.1) is 6.92 Å². The van der Waals surface area contributed by atoms with Crippen LogP contribution in [0.15, 0.2) is 12.3 Å². The van der Waals surface area contributed by atoms with Gasteiger partial charge in [-0.2, -0.15) is 4.98 Å². The molecule has 0 fully saturated rings. The third-order valence-electron chi connectivity index (χ3n) is 2.62. The van der Waals surface area contributed by atoms with E-state index in [-0.39, 0.29) is 18.3 Å². The van der Waals surface area contributed by atoms with E-state index in [0.717, 1.165) is 5.69 Å². The fourth-order valence-corrected chi connectivity index (χ4v) is 1.58. The summed E-state index contributed by atoms with van der Waals surface area (Å²) in [4.78, 5) is 21.6. The van der Waals surface area contributed by atoms with Crippen LogP contribution in [0.25, 0.3) is 5.78 Å². The third kappa shape index (κ3) is 2.30. The van der Waals surface area contributed by atoms with Crippen LogP contribution in [0.2, 0.25) is 0 Å². The highest BCUT2D eigenvalue weighted by Gasteiger charge is 2.17. The molecule has 0 bridgehead atoms. The number of fused-ring (bicyclic) bond motifs is 1. The topological polar surface area (TPSA) is 83.6 Å². The Morgan fingerprint density at radius 2 is 2.33 bits per heavy atom. The van der Waals surface area contributed by atoms with E-state index in [9.17, 15) is 4.79 Å². The maximum absolute atomic E-state index is 12.0. The van der Waals surface area contributed by atoms with Crippen LogP contribution in [-0.2, 0) is 0 Å². The predicted octanol–water partition coefficient (Wildman–Crippen LogP) is -0.113. The Morgan fingerprint density at radius 1 is 1.56 bits per heavy atom. The zero-order chi connectivity index (χ0) is 13.1. The van der Waals surface area contributed by atoms with Crippen molar-refractivity contribution in [3.8, 4) is 0 Å². The van der Waals surface area contributed by atoms with Gasteiger partial charge in [-0.3, -0.25) is 4.79 Å². The Morgan fingerprint density at radius 3 is 3.00 bits per heavy atom. The predicted molar refractivity (Wildman–Crippen MR) is 64.2 cm³/mol. The number of aliphatic hydroxyl groups is 1. The fourth-order valence-electron chi connectivity index (χ4n) is 1.58. The molecule has 96 valence electrons. The van der Waals surface area contributed by atoms with Crippen molar-refractivity contribution in [1.82, 2.24) is 24.5 Å². The first-order valence-electron chi connectivity index (χ1n) is 5.68. The molecule has 0 saturated heterocycles. The quantitative estimate of drug-likeness (QED) is 0.817. The molecule has 0 aromatic carbocycles. The van der Waals surface area contributed by atoms with Crippen LogP contribution in [-0.4, -0.2) is 55.7 Å². The van der Waals surface area contributed by atoms with E-state index in [1.807, 2.05) is 6.92 Å². The van der Waals surface area contributed by atoms with E-state index in [1.165, 1.54) is 9.42 Å². The maximum atomic E-state index is 12.0. The first-order chi connectivity index (χ1) is 8.63. The summed E-state index contributed by atoms with van der Waals surface area (Å²) >= 11 is 0. The lowest BCUT2D eigenvalue weighted by molar-refractivity contribution is 0.0774. The smallest absolute Gasteiger partial charge is 0.293 e. The van der Waals surface area contributed by atoms with E-state index in [1.54, 1.807) is 19.3 Å². The number of rotatable bonds is 4. The molecule has 2 aromatic heterocycles. The molecule has 2 rings (SSSR count). The van der Waals surface area contributed by atoms with Crippen molar-refractivity contribution in [3.05, 3.63) is 23.8 Å². The van der Waals surface area contributed by atoms with E-state index < -0.39 is 0 Å². The highest BCUT2D eigenvalue weighted by molar-refractivity contribution is 5.90. The first kappa shape index (κ1) is 12.4. The van der Waals surface area contributed by atoms with Crippen molar-refractivity contribution >= 4 is 11.7 Å². The Kier molecular flexibility index (Phi) is 3.52. The molecule has 7 heteroatoms. The van der Waals surface area contributed by atoms with Crippen molar-refractivity contribution < 1.29 is 9.90 Å². The molecule has 2 heterocycles. The minimum absolute atomic E-state index is 0.0525. The molecular weight excluding hydrogens is 234 g/mol. The summed E-state index contributed by atoms with van der Waals surface area (Å²) in [6, 6.07) is 1.80. The van der Waals surface area contributed by atoms with Gasteiger partial charge in [-0.05, 0) is 19.4 Å². The molecule has 7 nitrogen and oxygen atoms in total. The number of aryl methyl sites for hydroxylation is 1. The van der Waals surface area contributed by atoms with Gasteiger partial charge in [0.25, 0.3) is 11.7 Å². The van der Waals surface area contributed by atoms with Crippen molar-refractivity contribution in [2.45, 2.75) is 13.3 Å². The van der Waals surface area contributed by atoms with Crippen molar-refractivity contribution in [2.24, 2.45) is 0 Å². The number of carbonyl (C=O) groups is 1. The molecule has 1 amide bonds. The minimum Gasteiger partial charge on any atom is -0.396 e. The summed E-state index contributed by atoms with van der Waals surface area (Å²) in [5.74, 6) is 0.263. The Hall–Kier alpha value is -2.02. The number of aliphatic hydroxyl groups excluding tert-OH is 1. The first-order valence-corrected chi connectivity index (χ1v) is 5.68. The summed E-state index contributed by atoms with van der Waals surface area (Å²) in [6.07, 6.45) is 2.16. The fraction of sp³-hybridized carbons (Fsp3) is 0.455. The van der Waals surface area contributed by atoms with Gasteiger partial charge in [0.2, 0.25) is 5.82 Å². The largest absolute Gasteiger partial charge is 0.396 e. The normalized spacial score (nSPS) is 10.8. The van der Waals surface area contributed by atoms with Gasteiger partial charge in [-0.15, -0.1) is 5.10 Å². The SMILES string of the molecule is Cc1ccnc2nc(C(=O)N(C)CCCO)nn12. The lowest BCUT2D eigenvalue weighted by Crippen LogP contribution is -2.29. The van der Waals surface area contributed by atoms with Gasteiger partial charge >= 0.3 is 0 Å². The van der Waals surface area contributed by atoms with Crippen LogP contribution in [0.3, 0.4) is 0 Å². The highest BCUT2D eigenvalue weighted by Crippen LogP contribution is 2.04. The summed E-state index contributed by atoms with van der Waals surface area (Å²) in [7, 11) is 1.66. The second-order valence-electron chi connectivity index (χ2n) is 4.04. The van der Waals surface area contributed by atoms with E-state index >= 15 is 0 Å². The molecule has 0 aliphatic rings. The van der Waals surface area contributed by atoms with Crippen LogP contribution in [0.1, 0.15) is 22.7 Å². The molecule has 18 heavy (non-hydrogen) atoms. The number of carbonyl (C=O) groups excluding carboxylic acids is 1. The minimum atomic E-state index is -0.270. The molecule has 0 saturated carbocycles. The van der Waals surface area contributed by atoms with Gasteiger partial charge in [0, 0.05) is 32.1 Å². The second-order valence-corrected chi connectivity index (χ2v) is 4.04. The van der Waals surface area contributed by atoms with Crippen LogP contribution < -0.4 is 0 Å². The Balaban J connectivity index is 2.25. The number of aromatic nitrogens is 4. The van der Waals surface area contributed by atoms with E-state index in [0.29, 0.717) is 18.7 Å². The highest BCUT2D eigenvalue weighted by atomic mass is 16.3. The van der Waals surface area contributed by atoms with Crippen molar-refractivity contribution in [1.29, 1.82) is 0 Å². The molecule has 0 aliphatic heterocycles. The lowest BCUT2D eigenvalue weighted by atomic mass is 10.4. The zero-order valence-electron chi connectivity index (χ0n) is 10.4. The van der Waals surface area contributed by atoms with Crippen molar-refractivity contribution in [3.63, 3.8) is 0 Å². The standard InChI is InChI=1S/C11H15N5O2/c1-8-4-5-12-11-13-9(14-16(8)11)10(18)15(2)6-3-7-17/h4-5,17H,3,6-7H2,1-2H3. The summed E-state index contributed by atoms with van der Waals surface area (Å²) in [5, 5.41) is 12.9. The molecule has 2 aromatic rings. The number of hydrogen-bond donors (Lipinski definition) is 1. The number of nitrogens with zero attached hydrogens (tertiary/aromatic N) is 5. The average Bonchev–Trinajstić information content (AvgIpc) is 2.80. The molecule has 0 atom stereocenters. The Bertz CT molecular complexity index is 566. The third-order valence-corrected chi connectivity index (χ3v) is 2.62. The molecule has 0 unspecified atom stereocenters. The number of hydrogen-bond acceptors (Lipinski definition) is 5. The summed E-state index contributed by atoms with van der Waals surface area (Å²) in [5.41, 5.74) is 0.865. The van der Waals surface area contributed by atoms with Crippen LogP contribution >= 0.6 is 0 Å². The van der Waals surface area contributed by atoms with E-state index in [4.69, 9.17) is 5.11 Å². The molecule has 0 radical (unpaired) electrons. The lowest BCUT2D eigenvalue weighted by Gasteiger charge is -2.13. The van der Waals surface area contributed by atoms with E-state index in [2.05, 4.69) is 15.1 Å². The van der Waals surface area contributed by atoms with Crippen molar-refractivity contribution in [2.75, 3.05) is 20.2 Å². The summed E-state index contributed by atoms with van der Waals surface area (Å²) < 4.78 is 1.53. The second kappa shape index (κ2) is 5.09. The zero-order valence-corrected chi connectivity index (χ0v) is 10.4. The maximum Gasteiger partial charge on any atom is 0.293 e. The molecular formula is C11H15N5O2. The van der Waals surface area contributed by atoms with Gasteiger partial charge in [0.05, 0.1) is 0 Å². The van der Waals surface area contributed by atoms with Crippen LogP contribution in [0.5, 0.6) is 0 Å². The molecule has 0 spiro atoms. The average molecular weight is 249 g/mol. The van der Waals surface area contributed by atoms with Gasteiger partial charge in [-0.25, -0.2) is 9.50 Å². The number of amides is 1. The summed E-state index contributed by atoms with van der Waals surface area (Å²) in [6.45, 7) is 2.39. The van der Waals surface area contributed by atoms with Gasteiger partial charge in [0.15, 0.2) is 0 Å². The van der Waals surface area contributed by atoms with Gasteiger partial charge in [-0.1, -0.05) is 0 Å². The van der Waals surface area contributed by atoms with Gasteiger partial charge in [0.1, 0.15) is 0 Å². The van der Waals surface area contributed by atoms with Crippen LogP contribution in [0.4, 0.5) is 0 Å².